The van der Waals surface area contributed by atoms with Crippen molar-refractivity contribution in [3.8, 4) is 0 Å². The maximum atomic E-state index is 12.7. The third-order valence-corrected chi connectivity index (χ3v) is 3.48. The number of aryl methyl sites for hydroxylation is 1. The highest BCUT2D eigenvalue weighted by Crippen LogP contribution is 2.15. The van der Waals surface area contributed by atoms with Crippen LogP contribution in [0.4, 0.5) is 0 Å². The van der Waals surface area contributed by atoms with E-state index >= 15 is 0 Å². The van der Waals surface area contributed by atoms with Gasteiger partial charge in [-0.2, -0.15) is 0 Å². The Labute approximate surface area is 120 Å². The van der Waals surface area contributed by atoms with Crippen molar-refractivity contribution in [2.24, 2.45) is 5.84 Å². The Bertz CT molecular complexity index is 915. The van der Waals surface area contributed by atoms with E-state index < -0.39 is 5.91 Å². The smallest absolute Gasteiger partial charge is 0.266 e. The largest absolute Gasteiger partial charge is 0.290 e. The summed E-state index contributed by atoms with van der Waals surface area (Å²) in [5, 5.41) is 0.270. The first-order valence-corrected chi connectivity index (χ1v) is 6.60. The summed E-state index contributed by atoms with van der Waals surface area (Å²) in [6.45, 7) is 2.01. The Morgan fingerprint density at radius 2 is 2.14 bits per heavy atom. The second-order valence-corrected chi connectivity index (χ2v) is 4.71. The number of nitrogen functional groups attached to an aromatic ring is 1. The number of pyridine rings is 1. The van der Waals surface area contributed by atoms with Crippen LogP contribution in [0.5, 0.6) is 0 Å². The van der Waals surface area contributed by atoms with Crippen molar-refractivity contribution in [3.05, 3.63) is 58.0 Å². The third-order valence-electron chi connectivity index (χ3n) is 3.48. The molecule has 0 radical (unpaired) electrons. The molecule has 3 aromatic rings. The number of nitrogens with two attached hydrogens (primary N) is 1. The van der Waals surface area contributed by atoms with Crippen molar-refractivity contribution < 1.29 is 4.79 Å². The van der Waals surface area contributed by atoms with Gasteiger partial charge in [-0.1, -0.05) is 19.1 Å². The summed E-state index contributed by atoms with van der Waals surface area (Å²) >= 11 is 0. The summed E-state index contributed by atoms with van der Waals surface area (Å²) in [4.78, 5) is 29.0. The monoisotopic (exact) mass is 282 g/mol. The van der Waals surface area contributed by atoms with Gasteiger partial charge in [0.05, 0.1) is 16.5 Å². The third kappa shape index (κ3) is 2.05. The van der Waals surface area contributed by atoms with E-state index in [2.05, 4.69) is 10.4 Å². The first kappa shape index (κ1) is 13.3. The zero-order valence-electron chi connectivity index (χ0n) is 11.5. The fraction of sp³-hybridized carbons (Fsp3) is 0.133. The molecule has 0 aliphatic rings. The second-order valence-electron chi connectivity index (χ2n) is 4.71. The van der Waals surface area contributed by atoms with Crippen LogP contribution < -0.4 is 16.8 Å². The van der Waals surface area contributed by atoms with Crippen LogP contribution in [-0.2, 0) is 6.42 Å². The maximum absolute atomic E-state index is 12.7. The number of aromatic nitrogens is 2. The number of rotatable bonds is 2. The van der Waals surface area contributed by atoms with Crippen molar-refractivity contribution >= 4 is 22.5 Å². The average molecular weight is 282 g/mol. The molecule has 6 nitrogen and oxygen atoms in total. The van der Waals surface area contributed by atoms with Crippen molar-refractivity contribution in [1.29, 1.82) is 0 Å². The van der Waals surface area contributed by atoms with Gasteiger partial charge in [0.15, 0.2) is 0 Å². The standard InChI is InChI=1S/C15H14N4O2/c1-2-9-6-7-12-17-11-5-3-4-10(14(20)18-16)13(11)15(21)19(12)8-9/h3-8H,2,16H2,1H3,(H,18,20). The molecule has 2 heterocycles. The number of carbonyl (C=O) groups excluding carboxylic acids is 1. The topological polar surface area (TPSA) is 89.5 Å². The van der Waals surface area contributed by atoms with Crippen molar-refractivity contribution in [3.63, 3.8) is 0 Å². The molecule has 21 heavy (non-hydrogen) atoms. The van der Waals surface area contributed by atoms with E-state index in [-0.39, 0.29) is 16.5 Å². The lowest BCUT2D eigenvalue weighted by molar-refractivity contribution is 0.0955. The Hall–Kier alpha value is -2.73. The molecular formula is C15H14N4O2. The van der Waals surface area contributed by atoms with E-state index in [9.17, 15) is 9.59 Å². The lowest BCUT2D eigenvalue weighted by atomic mass is 10.1. The minimum absolute atomic E-state index is 0.226. The van der Waals surface area contributed by atoms with Gasteiger partial charge in [0.2, 0.25) is 0 Å². The molecule has 1 aromatic carbocycles. The molecule has 0 saturated carbocycles. The number of nitrogens with zero attached hydrogens (tertiary/aromatic N) is 2. The zero-order chi connectivity index (χ0) is 15.0. The average Bonchev–Trinajstić information content (AvgIpc) is 2.53. The quantitative estimate of drug-likeness (QED) is 0.318. The minimum atomic E-state index is -0.508. The number of benzene rings is 1. The van der Waals surface area contributed by atoms with E-state index in [1.807, 2.05) is 13.0 Å². The Balaban J connectivity index is 2.47. The van der Waals surface area contributed by atoms with Crippen LogP contribution in [-0.4, -0.2) is 15.3 Å². The van der Waals surface area contributed by atoms with E-state index in [0.29, 0.717) is 11.2 Å². The number of fused-ring (bicyclic) bond motifs is 2. The summed E-state index contributed by atoms with van der Waals surface area (Å²) in [6.07, 6.45) is 2.56. The molecule has 0 unspecified atom stereocenters. The van der Waals surface area contributed by atoms with Gasteiger partial charge in [-0.25, -0.2) is 10.8 Å². The van der Waals surface area contributed by atoms with Gasteiger partial charge in [0.25, 0.3) is 11.5 Å². The minimum Gasteiger partial charge on any atom is -0.290 e. The summed E-state index contributed by atoms with van der Waals surface area (Å²) in [5.74, 6) is 4.67. The molecule has 0 aliphatic heterocycles. The summed E-state index contributed by atoms with van der Waals surface area (Å²) in [6, 6.07) is 8.68. The molecular weight excluding hydrogens is 268 g/mol. The van der Waals surface area contributed by atoms with Gasteiger partial charge >= 0.3 is 0 Å². The fourth-order valence-electron chi connectivity index (χ4n) is 2.37. The molecule has 3 N–H and O–H groups in total. The second kappa shape index (κ2) is 4.99. The maximum Gasteiger partial charge on any atom is 0.266 e. The highest BCUT2D eigenvalue weighted by molar-refractivity contribution is 6.05. The van der Waals surface area contributed by atoms with Gasteiger partial charge in [-0.15, -0.1) is 0 Å². The number of carbonyl (C=O) groups is 1. The molecule has 106 valence electrons. The highest BCUT2D eigenvalue weighted by atomic mass is 16.2. The Kier molecular flexibility index (Phi) is 3.15. The van der Waals surface area contributed by atoms with Gasteiger partial charge < -0.3 is 0 Å². The Morgan fingerprint density at radius 1 is 1.33 bits per heavy atom. The van der Waals surface area contributed by atoms with Crippen LogP contribution in [0.3, 0.4) is 0 Å². The van der Waals surface area contributed by atoms with E-state index in [1.54, 1.807) is 30.5 Å². The normalized spacial score (nSPS) is 11.0. The lowest BCUT2D eigenvalue weighted by Crippen LogP contribution is -2.31. The van der Waals surface area contributed by atoms with Crippen LogP contribution >= 0.6 is 0 Å². The van der Waals surface area contributed by atoms with Crippen LogP contribution in [0.15, 0.2) is 41.3 Å². The summed E-state index contributed by atoms with van der Waals surface area (Å²) in [7, 11) is 0. The van der Waals surface area contributed by atoms with Gasteiger partial charge in [-0.05, 0) is 30.2 Å². The molecule has 0 saturated heterocycles. The van der Waals surface area contributed by atoms with Gasteiger partial charge in [-0.3, -0.25) is 19.4 Å². The SMILES string of the molecule is CCc1ccc2nc3cccc(C(=O)NN)c3c(=O)n2c1. The Morgan fingerprint density at radius 3 is 2.86 bits per heavy atom. The van der Waals surface area contributed by atoms with Crippen LogP contribution in [0.25, 0.3) is 16.6 Å². The predicted molar refractivity (Wildman–Crippen MR) is 80.0 cm³/mol. The number of amides is 1. The van der Waals surface area contributed by atoms with Crippen LogP contribution in [0, 0.1) is 0 Å². The number of hydrogen-bond donors (Lipinski definition) is 2. The molecule has 0 spiro atoms. The molecule has 1 amide bonds. The molecule has 3 rings (SSSR count). The lowest BCUT2D eigenvalue weighted by Gasteiger charge is -2.08. The van der Waals surface area contributed by atoms with Crippen LogP contribution in [0.2, 0.25) is 0 Å². The zero-order valence-corrected chi connectivity index (χ0v) is 11.5. The van der Waals surface area contributed by atoms with E-state index in [4.69, 9.17) is 5.84 Å². The fourth-order valence-corrected chi connectivity index (χ4v) is 2.37. The predicted octanol–water partition coefficient (Wildman–Crippen LogP) is 1.01. The molecule has 2 aromatic heterocycles. The molecule has 0 aliphatic carbocycles. The van der Waals surface area contributed by atoms with Gasteiger partial charge in [0.1, 0.15) is 5.65 Å². The molecule has 0 fully saturated rings. The first-order chi connectivity index (χ1) is 10.2. The first-order valence-electron chi connectivity index (χ1n) is 6.60. The summed E-state index contributed by atoms with van der Waals surface area (Å²) in [5.41, 5.74) is 4.06. The van der Waals surface area contributed by atoms with Crippen LogP contribution in [0.1, 0.15) is 22.8 Å². The van der Waals surface area contributed by atoms with Gasteiger partial charge in [0, 0.05) is 6.20 Å². The summed E-state index contributed by atoms with van der Waals surface area (Å²) < 4.78 is 1.47. The van der Waals surface area contributed by atoms with E-state index in [0.717, 1.165) is 12.0 Å². The number of hydrogen-bond acceptors (Lipinski definition) is 4. The number of nitrogens with one attached hydrogen (secondary N) is 1. The molecule has 6 heteroatoms. The van der Waals surface area contributed by atoms with Crippen molar-refractivity contribution in [2.75, 3.05) is 0 Å². The van der Waals surface area contributed by atoms with Crippen molar-refractivity contribution in [2.45, 2.75) is 13.3 Å². The highest BCUT2D eigenvalue weighted by Gasteiger charge is 2.14. The molecule has 0 atom stereocenters. The number of hydrazine groups is 1. The van der Waals surface area contributed by atoms with Crippen molar-refractivity contribution in [1.82, 2.24) is 14.8 Å². The van der Waals surface area contributed by atoms with E-state index in [1.165, 1.54) is 4.40 Å². The molecule has 0 bridgehead atoms.